The van der Waals surface area contributed by atoms with E-state index in [9.17, 15) is 14.4 Å². The lowest BCUT2D eigenvalue weighted by Crippen LogP contribution is -2.47. The number of ether oxygens (including phenoxy) is 3. The third-order valence-corrected chi connectivity index (χ3v) is 10.1. The fraction of sp³-hybridized carbons (Fsp3) is 0.400. The highest BCUT2D eigenvalue weighted by Gasteiger charge is 2.32. The van der Waals surface area contributed by atoms with E-state index in [1.165, 1.54) is 10.7 Å². The van der Waals surface area contributed by atoms with Crippen molar-refractivity contribution in [2.24, 2.45) is 0 Å². The molecule has 1 aromatic heterocycles. The van der Waals surface area contributed by atoms with Gasteiger partial charge in [-0.2, -0.15) is 4.68 Å². The van der Waals surface area contributed by atoms with Crippen LogP contribution in [0.4, 0.5) is 11.4 Å². The number of fused-ring (bicyclic) bond motifs is 2. The van der Waals surface area contributed by atoms with Crippen LogP contribution in [0.3, 0.4) is 0 Å². The molecule has 0 spiro atoms. The number of halogens is 5. The highest BCUT2D eigenvalue weighted by atomic mass is 35.5. The molecule has 0 saturated carbocycles. The zero-order valence-corrected chi connectivity index (χ0v) is 35.4. The first-order valence-electron chi connectivity index (χ1n) is 18.0. The first kappa shape index (κ1) is 44.8. The van der Waals surface area contributed by atoms with Crippen LogP contribution in [-0.4, -0.2) is 70.0 Å². The van der Waals surface area contributed by atoms with Gasteiger partial charge in [0.25, 0.3) is 5.91 Å². The fourth-order valence-corrected chi connectivity index (χ4v) is 7.11. The van der Waals surface area contributed by atoms with Crippen molar-refractivity contribution in [3.63, 3.8) is 0 Å². The van der Waals surface area contributed by atoms with Crippen LogP contribution in [0.25, 0.3) is 5.69 Å². The molecule has 1 unspecified atom stereocenters. The summed E-state index contributed by atoms with van der Waals surface area (Å²) in [5.74, 6) is 3.71. The van der Waals surface area contributed by atoms with Gasteiger partial charge >= 0.3 is 5.69 Å². The zero-order valence-electron chi connectivity index (χ0n) is 31.6. The van der Waals surface area contributed by atoms with Crippen molar-refractivity contribution in [1.82, 2.24) is 14.3 Å². The summed E-state index contributed by atoms with van der Waals surface area (Å²) < 4.78 is 19.0. The van der Waals surface area contributed by atoms with Crippen LogP contribution >= 0.6 is 58.0 Å². The molecule has 1 atom stereocenters. The van der Waals surface area contributed by atoms with E-state index in [1.54, 1.807) is 27.5 Å². The number of para-hydroxylation sites is 3. The van der Waals surface area contributed by atoms with Gasteiger partial charge in [0.2, 0.25) is 5.91 Å². The number of aromatic nitrogens is 3. The van der Waals surface area contributed by atoms with Crippen LogP contribution in [0.5, 0.6) is 11.5 Å². The summed E-state index contributed by atoms with van der Waals surface area (Å²) in [6, 6.07) is 16.5. The summed E-state index contributed by atoms with van der Waals surface area (Å²) in [7, 11) is 1.58. The third kappa shape index (κ3) is 10.7. The van der Waals surface area contributed by atoms with Crippen LogP contribution < -0.4 is 25.0 Å². The van der Waals surface area contributed by atoms with Gasteiger partial charge in [-0.05, 0) is 61.9 Å². The number of rotatable bonds is 10. The maximum atomic E-state index is 12.5. The topological polar surface area (TPSA) is 108 Å². The highest BCUT2D eigenvalue weighted by Crippen LogP contribution is 2.35. The molecule has 16 heteroatoms. The molecule has 11 nitrogen and oxygen atoms in total. The van der Waals surface area contributed by atoms with E-state index in [2.05, 4.69) is 24.9 Å². The molecule has 0 bridgehead atoms. The Bertz CT molecular complexity index is 2060. The minimum absolute atomic E-state index is 0.0371. The Labute approximate surface area is 352 Å². The molecule has 4 aromatic rings. The van der Waals surface area contributed by atoms with Gasteiger partial charge in [0.15, 0.2) is 4.84 Å². The highest BCUT2D eigenvalue weighted by molar-refractivity contribution is 6.54. The molecule has 2 aliphatic heterocycles. The van der Waals surface area contributed by atoms with Gasteiger partial charge in [-0.3, -0.25) is 19.1 Å². The molecule has 2 aliphatic rings. The number of carbonyl (C=O) groups excluding carboxylic acids is 2. The van der Waals surface area contributed by atoms with E-state index in [-0.39, 0.29) is 42.8 Å². The SMILES string of the molecule is C#CCOc1cc(-n2nc3n(c2=O)CCCC3)c(Cl)cc1Cl.CC1COc2ccccc2N1C(=O)C(Cl)Cl.CCc1cccc(CC)c1N(COC)C(=O)CCl. The number of nitrogens with zero attached hydrogens (tertiary/aromatic N) is 5. The number of aryl methyl sites for hydroxylation is 3. The van der Waals surface area contributed by atoms with Gasteiger partial charge in [0, 0.05) is 26.1 Å². The maximum Gasteiger partial charge on any atom is 0.350 e. The molecule has 3 aromatic carbocycles. The Morgan fingerprint density at radius 3 is 2.34 bits per heavy atom. The first-order chi connectivity index (χ1) is 26.9. The number of benzene rings is 3. The standard InChI is InChI=1S/C15H13Cl2N3O2.C14H20ClNO2.C11H11Cl2NO2/c1-2-7-22-13-9-12(10(16)8-11(13)17)20-15(21)19-6-4-3-5-14(19)18-20;1-4-11-7-6-8-12(5-2)14(11)16(10-18-3)13(17)9-15;1-7-6-16-9-5-3-2-4-8(9)14(7)11(15)10(12)13/h1,8-9H,3-7H2;6-8H,4-5,9-10H2,1-3H3;2-5,7,10H,6H2,1H3. The van der Waals surface area contributed by atoms with E-state index in [4.69, 9.17) is 78.6 Å². The number of terminal acetylenes is 1. The van der Waals surface area contributed by atoms with Gasteiger partial charge in [0.05, 0.1) is 33.1 Å². The van der Waals surface area contributed by atoms with E-state index in [0.717, 1.165) is 60.4 Å². The number of hydrogen-bond donors (Lipinski definition) is 0. The van der Waals surface area contributed by atoms with Crippen LogP contribution in [-0.2, 0) is 40.1 Å². The maximum absolute atomic E-state index is 12.5. The van der Waals surface area contributed by atoms with Crippen molar-refractivity contribution < 1.29 is 23.8 Å². The Hall–Kier alpha value is -3.89. The number of hydrogen-bond acceptors (Lipinski definition) is 7. The number of anilines is 2. The van der Waals surface area contributed by atoms with Gasteiger partial charge < -0.3 is 19.1 Å². The summed E-state index contributed by atoms with van der Waals surface area (Å²) in [5.41, 5.74) is 4.19. The smallest absolute Gasteiger partial charge is 0.350 e. The molecule has 2 amide bonds. The summed E-state index contributed by atoms with van der Waals surface area (Å²) in [5, 5.41) is 5.04. The van der Waals surface area contributed by atoms with Gasteiger partial charge in [-0.1, -0.05) is 96.5 Å². The van der Waals surface area contributed by atoms with E-state index in [0.29, 0.717) is 40.4 Å². The lowest BCUT2D eigenvalue weighted by atomic mass is 10.0. The monoisotopic (exact) mass is 865 g/mol. The van der Waals surface area contributed by atoms with Crippen LogP contribution in [0.1, 0.15) is 50.6 Å². The minimum Gasteiger partial charge on any atom is -0.489 e. The molecule has 0 radical (unpaired) electrons. The summed E-state index contributed by atoms with van der Waals surface area (Å²) in [6.07, 6.45) is 9.72. The molecule has 6 rings (SSSR count). The second kappa shape index (κ2) is 21.6. The van der Waals surface area contributed by atoms with Crippen LogP contribution in [0.2, 0.25) is 10.0 Å². The molecule has 0 saturated heterocycles. The van der Waals surface area contributed by atoms with Gasteiger partial charge in [-0.25, -0.2) is 4.79 Å². The first-order valence-corrected chi connectivity index (χ1v) is 20.1. The molecule has 56 heavy (non-hydrogen) atoms. The van der Waals surface area contributed by atoms with Crippen LogP contribution in [0, 0.1) is 12.3 Å². The number of alkyl halides is 3. The average Bonchev–Trinajstić information content (AvgIpc) is 3.54. The lowest BCUT2D eigenvalue weighted by Gasteiger charge is -2.35. The van der Waals surface area contributed by atoms with E-state index < -0.39 is 4.84 Å². The van der Waals surface area contributed by atoms with Crippen molar-refractivity contribution in [1.29, 1.82) is 0 Å². The predicted molar refractivity (Wildman–Crippen MR) is 225 cm³/mol. The Morgan fingerprint density at radius 2 is 1.73 bits per heavy atom. The Balaban J connectivity index is 0.000000189. The van der Waals surface area contributed by atoms with Crippen molar-refractivity contribution >= 4 is 81.2 Å². The Morgan fingerprint density at radius 1 is 1.04 bits per heavy atom. The molecule has 0 fully saturated rings. The number of methoxy groups -OCH3 is 1. The van der Waals surface area contributed by atoms with E-state index >= 15 is 0 Å². The van der Waals surface area contributed by atoms with Crippen LogP contribution in [0.15, 0.2) is 59.4 Å². The van der Waals surface area contributed by atoms with Crippen molar-refractivity contribution in [3.8, 4) is 29.5 Å². The lowest BCUT2D eigenvalue weighted by molar-refractivity contribution is -0.118. The number of carbonyl (C=O) groups is 2. The second-order valence-corrected chi connectivity index (χ2v) is 14.8. The normalized spacial score (nSPS) is 14.2. The molecule has 3 heterocycles. The zero-order chi connectivity index (χ0) is 40.9. The Kier molecular flexibility index (Phi) is 17.3. The fourth-order valence-electron chi connectivity index (χ4n) is 6.23. The van der Waals surface area contributed by atoms with E-state index in [1.807, 2.05) is 49.4 Å². The van der Waals surface area contributed by atoms with Crippen molar-refractivity contribution in [3.05, 3.63) is 92.1 Å². The summed E-state index contributed by atoms with van der Waals surface area (Å²) in [4.78, 5) is 38.5. The average molecular weight is 868 g/mol. The molecule has 0 aliphatic carbocycles. The minimum atomic E-state index is -1.05. The second-order valence-electron chi connectivity index (χ2n) is 12.6. The molecular formula is C40H44Cl5N5O6. The van der Waals surface area contributed by atoms with Gasteiger partial charge in [-0.15, -0.1) is 23.1 Å². The van der Waals surface area contributed by atoms with Gasteiger partial charge in [0.1, 0.15) is 43.1 Å². The predicted octanol–water partition coefficient (Wildman–Crippen LogP) is 8.28. The third-order valence-electron chi connectivity index (χ3n) is 8.89. The van der Waals surface area contributed by atoms with Crippen molar-refractivity contribution in [2.75, 3.05) is 42.7 Å². The van der Waals surface area contributed by atoms with Crippen molar-refractivity contribution in [2.45, 2.75) is 70.3 Å². The molecular weight excluding hydrogens is 824 g/mol. The number of amides is 2. The summed E-state index contributed by atoms with van der Waals surface area (Å²) in [6.45, 7) is 7.49. The molecule has 300 valence electrons. The molecule has 0 N–H and O–H groups in total. The summed E-state index contributed by atoms with van der Waals surface area (Å²) >= 11 is 29.2. The quantitative estimate of drug-likeness (QED) is 0.0898. The largest absolute Gasteiger partial charge is 0.489 e.